The van der Waals surface area contributed by atoms with Crippen molar-refractivity contribution in [2.24, 2.45) is 5.92 Å². The number of hydrogen-bond acceptors (Lipinski definition) is 4. The van der Waals surface area contributed by atoms with Crippen LogP contribution < -0.4 is 5.32 Å². The van der Waals surface area contributed by atoms with E-state index in [4.69, 9.17) is 4.74 Å². The fourth-order valence-electron chi connectivity index (χ4n) is 2.95. The second-order valence-electron chi connectivity index (χ2n) is 6.06. The molecule has 1 heterocycles. The zero-order valence-electron chi connectivity index (χ0n) is 13.6. The lowest BCUT2D eigenvalue weighted by Crippen LogP contribution is -2.42. The molecular formula is C17H25NO3S. The smallest absolute Gasteiger partial charge is 0.348 e. The summed E-state index contributed by atoms with van der Waals surface area (Å²) >= 11 is 1.43. The van der Waals surface area contributed by atoms with E-state index in [1.807, 2.05) is 13.0 Å². The van der Waals surface area contributed by atoms with Crippen molar-refractivity contribution in [1.29, 1.82) is 0 Å². The van der Waals surface area contributed by atoms with Gasteiger partial charge in [0.15, 0.2) is 6.61 Å². The molecule has 0 spiro atoms. The number of hydrogen-bond donors (Lipinski definition) is 1. The summed E-state index contributed by atoms with van der Waals surface area (Å²) in [6.07, 6.45) is 5.46. The van der Waals surface area contributed by atoms with Gasteiger partial charge in [0.05, 0.1) is 0 Å². The van der Waals surface area contributed by atoms with Crippen molar-refractivity contribution in [2.75, 3.05) is 6.61 Å². The van der Waals surface area contributed by atoms with E-state index in [2.05, 4.69) is 19.2 Å². The zero-order valence-corrected chi connectivity index (χ0v) is 14.4. The first-order chi connectivity index (χ1) is 10.5. The molecule has 22 heavy (non-hydrogen) atoms. The summed E-state index contributed by atoms with van der Waals surface area (Å²) in [5.41, 5.74) is 1.16. The Morgan fingerprint density at radius 1 is 1.36 bits per heavy atom. The minimum atomic E-state index is -0.403. The van der Waals surface area contributed by atoms with Crippen molar-refractivity contribution >= 4 is 23.2 Å². The summed E-state index contributed by atoms with van der Waals surface area (Å²) in [6, 6.07) is 2.08. The highest BCUT2D eigenvalue weighted by atomic mass is 32.1. The molecule has 0 saturated heterocycles. The molecule has 4 nitrogen and oxygen atoms in total. The SMILES string of the molecule is CCc1cc(C(=O)OCC(=O)N[C@H]2CCCC[C@@H]2C)sc1C. The lowest BCUT2D eigenvalue weighted by molar-refractivity contribution is -0.125. The highest BCUT2D eigenvalue weighted by molar-refractivity contribution is 7.14. The van der Waals surface area contributed by atoms with Crippen LogP contribution in [0.2, 0.25) is 0 Å². The Kier molecular flexibility index (Phi) is 6.00. The predicted octanol–water partition coefficient (Wildman–Crippen LogP) is 3.47. The second kappa shape index (κ2) is 7.77. The molecule has 0 bridgehead atoms. The molecule has 1 aliphatic carbocycles. The minimum Gasteiger partial charge on any atom is -0.451 e. The van der Waals surface area contributed by atoms with E-state index in [9.17, 15) is 9.59 Å². The van der Waals surface area contributed by atoms with Crippen molar-refractivity contribution in [1.82, 2.24) is 5.32 Å². The molecule has 5 heteroatoms. The molecule has 0 radical (unpaired) electrons. The first-order valence-electron chi connectivity index (χ1n) is 8.07. The molecule has 1 aromatic rings. The summed E-state index contributed by atoms with van der Waals surface area (Å²) in [5.74, 6) is -0.101. The Labute approximate surface area is 136 Å². The Bertz CT molecular complexity index is 538. The molecule has 0 aromatic carbocycles. The second-order valence-corrected chi connectivity index (χ2v) is 7.31. The molecule has 2 atom stereocenters. The van der Waals surface area contributed by atoms with E-state index in [-0.39, 0.29) is 18.6 Å². The number of nitrogens with one attached hydrogen (secondary N) is 1. The molecule has 1 saturated carbocycles. The molecule has 1 aromatic heterocycles. The number of esters is 1. The van der Waals surface area contributed by atoms with Gasteiger partial charge in [0.2, 0.25) is 0 Å². The lowest BCUT2D eigenvalue weighted by Gasteiger charge is -2.29. The fraction of sp³-hybridized carbons (Fsp3) is 0.647. The standard InChI is InChI=1S/C17H25NO3S/c1-4-13-9-15(22-12(13)3)17(20)21-10-16(19)18-14-8-6-5-7-11(14)2/h9,11,14H,4-8,10H2,1-3H3,(H,18,19)/t11-,14-/m0/s1. The fourth-order valence-corrected chi connectivity index (χ4v) is 3.96. The van der Waals surface area contributed by atoms with Crippen LogP contribution in [0.25, 0.3) is 0 Å². The molecule has 2 rings (SSSR count). The van der Waals surface area contributed by atoms with Crippen LogP contribution >= 0.6 is 11.3 Å². The number of aryl methyl sites for hydroxylation is 2. The van der Waals surface area contributed by atoms with Gasteiger partial charge in [0.25, 0.3) is 5.91 Å². The monoisotopic (exact) mass is 323 g/mol. The summed E-state index contributed by atoms with van der Waals surface area (Å²) in [5, 5.41) is 2.99. The number of thiophene rings is 1. The van der Waals surface area contributed by atoms with Crippen molar-refractivity contribution < 1.29 is 14.3 Å². The lowest BCUT2D eigenvalue weighted by atomic mass is 9.86. The normalized spacial score (nSPS) is 21.4. The van der Waals surface area contributed by atoms with E-state index in [0.717, 1.165) is 36.1 Å². The number of carbonyl (C=O) groups is 2. The van der Waals surface area contributed by atoms with Crippen molar-refractivity contribution in [3.8, 4) is 0 Å². The first-order valence-corrected chi connectivity index (χ1v) is 8.88. The molecule has 1 fully saturated rings. The van der Waals surface area contributed by atoms with Crippen molar-refractivity contribution in [2.45, 2.75) is 58.9 Å². The van der Waals surface area contributed by atoms with Crippen LogP contribution in [0.15, 0.2) is 6.07 Å². The molecule has 122 valence electrons. The summed E-state index contributed by atoms with van der Waals surface area (Å²) in [7, 11) is 0. The van der Waals surface area contributed by atoms with Crippen LogP contribution in [0.5, 0.6) is 0 Å². The Morgan fingerprint density at radius 2 is 2.09 bits per heavy atom. The van der Waals surface area contributed by atoms with Gasteiger partial charge >= 0.3 is 5.97 Å². The third-order valence-electron chi connectivity index (χ3n) is 4.39. The van der Waals surface area contributed by atoms with Crippen molar-refractivity contribution in [3.63, 3.8) is 0 Å². The maximum absolute atomic E-state index is 12.0. The maximum Gasteiger partial charge on any atom is 0.348 e. The van der Waals surface area contributed by atoms with Gasteiger partial charge in [0.1, 0.15) is 4.88 Å². The number of amides is 1. The van der Waals surface area contributed by atoms with Crippen LogP contribution in [0.3, 0.4) is 0 Å². The maximum atomic E-state index is 12.0. The van der Waals surface area contributed by atoms with Crippen LogP contribution in [0.4, 0.5) is 0 Å². The number of ether oxygens (including phenoxy) is 1. The number of rotatable bonds is 5. The third-order valence-corrected chi connectivity index (χ3v) is 5.47. The molecule has 0 aliphatic heterocycles. The minimum absolute atomic E-state index is 0.194. The zero-order chi connectivity index (χ0) is 16.1. The van der Waals surface area contributed by atoms with Crippen molar-refractivity contribution in [3.05, 3.63) is 21.4 Å². The predicted molar refractivity (Wildman–Crippen MR) is 88.3 cm³/mol. The molecule has 1 amide bonds. The van der Waals surface area contributed by atoms with Gasteiger partial charge in [-0.05, 0) is 43.7 Å². The first kappa shape index (κ1) is 17.0. The summed E-state index contributed by atoms with van der Waals surface area (Å²) in [4.78, 5) is 25.6. The molecular weight excluding hydrogens is 298 g/mol. The highest BCUT2D eigenvalue weighted by Crippen LogP contribution is 2.24. The quantitative estimate of drug-likeness (QED) is 0.844. The molecule has 0 unspecified atom stereocenters. The van der Waals surface area contributed by atoms with Gasteiger partial charge in [-0.15, -0.1) is 11.3 Å². The largest absolute Gasteiger partial charge is 0.451 e. The van der Waals surface area contributed by atoms with Crippen LogP contribution in [0, 0.1) is 12.8 Å². The van der Waals surface area contributed by atoms with E-state index in [0.29, 0.717) is 10.8 Å². The topological polar surface area (TPSA) is 55.4 Å². The average Bonchev–Trinajstić information content (AvgIpc) is 2.88. The highest BCUT2D eigenvalue weighted by Gasteiger charge is 2.23. The van der Waals surface area contributed by atoms with E-state index < -0.39 is 5.97 Å². The Hall–Kier alpha value is -1.36. The van der Waals surface area contributed by atoms with E-state index in [1.165, 1.54) is 17.8 Å². The Balaban J connectivity index is 1.81. The van der Waals surface area contributed by atoms with Crippen LogP contribution in [-0.2, 0) is 16.0 Å². The molecule has 1 N–H and O–H groups in total. The molecule has 1 aliphatic rings. The van der Waals surface area contributed by atoms with Gasteiger partial charge in [-0.2, -0.15) is 0 Å². The summed E-state index contributed by atoms with van der Waals surface area (Å²) in [6.45, 7) is 6.03. The average molecular weight is 323 g/mol. The van der Waals surface area contributed by atoms with E-state index in [1.54, 1.807) is 0 Å². The van der Waals surface area contributed by atoms with Crippen LogP contribution in [-0.4, -0.2) is 24.5 Å². The van der Waals surface area contributed by atoms with Gasteiger partial charge in [-0.3, -0.25) is 4.79 Å². The van der Waals surface area contributed by atoms with Crippen LogP contribution in [0.1, 0.15) is 59.6 Å². The third kappa shape index (κ3) is 4.32. The van der Waals surface area contributed by atoms with E-state index >= 15 is 0 Å². The Morgan fingerprint density at radius 3 is 2.73 bits per heavy atom. The van der Waals surface area contributed by atoms with Gasteiger partial charge in [-0.1, -0.05) is 26.7 Å². The van der Waals surface area contributed by atoms with Gasteiger partial charge in [0, 0.05) is 10.9 Å². The summed E-state index contributed by atoms with van der Waals surface area (Å²) < 4.78 is 5.14. The van der Waals surface area contributed by atoms with Gasteiger partial charge < -0.3 is 10.1 Å². The number of carbonyl (C=O) groups excluding carboxylic acids is 2. The van der Waals surface area contributed by atoms with Gasteiger partial charge in [-0.25, -0.2) is 4.79 Å².